The number of nitrogens with one attached hydrogen (secondary N) is 1. The lowest BCUT2D eigenvalue weighted by atomic mass is 9.53. The van der Waals surface area contributed by atoms with Crippen LogP contribution >= 0.6 is 0 Å². The fourth-order valence-electron chi connectivity index (χ4n) is 7.95. The van der Waals surface area contributed by atoms with Gasteiger partial charge in [0.15, 0.2) is 0 Å². The van der Waals surface area contributed by atoms with Gasteiger partial charge in [0.1, 0.15) is 17.5 Å². The highest BCUT2D eigenvalue weighted by molar-refractivity contribution is 6.05. The largest absolute Gasteiger partial charge is 0.488 e. The first-order valence-corrected chi connectivity index (χ1v) is 15.3. The number of aromatic nitrogens is 4. The van der Waals surface area contributed by atoms with Crippen LogP contribution in [0, 0.1) is 5.41 Å². The standard InChI is InChI=1S/C33H37N5O5/c1-37-16-22(15-35-37)29-26(21-5-7-24(8-6-21)43-25-4-3-13-41-18-25)27-28-23(14-34-30(27)36-29)17-42-33(28)19-32(20-33)9-11-38(12-10-32)31(39)40-2/h5-8,14-16,25H,3-4,9-13,17-20H2,1-2H3,(H,34,36)/t25-/m1/s1. The monoisotopic (exact) mass is 583 g/mol. The second-order valence-electron chi connectivity index (χ2n) is 12.7. The zero-order valence-corrected chi connectivity index (χ0v) is 24.7. The summed E-state index contributed by atoms with van der Waals surface area (Å²) < 4.78 is 25.3. The Balaban J connectivity index is 1.18. The van der Waals surface area contributed by atoms with Crippen molar-refractivity contribution in [2.75, 3.05) is 33.4 Å². The van der Waals surface area contributed by atoms with Gasteiger partial charge in [0.05, 0.1) is 37.8 Å². The van der Waals surface area contributed by atoms with Crippen molar-refractivity contribution in [3.05, 3.63) is 54.0 Å². The van der Waals surface area contributed by atoms with Crippen LogP contribution in [0.4, 0.5) is 4.79 Å². The van der Waals surface area contributed by atoms with E-state index in [1.54, 1.807) is 0 Å². The Kier molecular flexibility index (Phi) is 6.27. The average molecular weight is 584 g/mol. The molecule has 1 atom stereocenters. The highest BCUT2D eigenvalue weighted by Crippen LogP contribution is 2.65. The van der Waals surface area contributed by atoms with Crippen LogP contribution in [-0.4, -0.2) is 70.3 Å². The lowest BCUT2D eigenvalue weighted by Gasteiger charge is -2.57. The second-order valence-corrected chi connectivity index (χ2v) is 12.7. The molecule has 4 aromatic rings. The van der Waals surface area contributed by atoms with Gasteiger partial charge in [0.2, 0.25) is 0 Å². The lowest BCUT2D eigenvalue weighted by molar-refractivity contribution is -0.181. The zero-order chi connectivity index (χ0) is 29.2. The number of piperidine rings is 1. The summed E-state index contributed by atoms with van der Waals surface area (Å²) >= 11 is 0. The van der Waals surface area contributed by atoms with Gasteiger partial charge in [0.25, 0.3) is 0 Å². The number of amides is 1. The number of ether oxygens (including phenoxy) is 4. The highest BCUT2D eigenvalue weighted by atomic mass is 16.5. The van der Waals surface area contributed by atoms with Gasteiger partial charge < -0.3 is 28.8 Å². The Morgan fingerprint density at radius 2 is 1.93 bits per heavy atom. The number of hydrogen-bond acceptors (Lipinski definition) is 7. The van der Waals surface area contributed by atoms with E-state index >= 15 is 0 Å². The fourth-order valence-corrected chi connectivity index (χ4v) is 7.95. The number of aryl methyl sites for hydroxylation is 1. The average Bonchev–Trinajstić information content (AvgIpc) is 3.73. The number of carbonyl (C=O) groups excluding carboxylic acids is 1. The molecule has 3 fully saturated rings. The molecule has 2 spiro atoms. The number of nitrogens with zero attached hydrogens (tertiary/aromatic N) is 4. The Hall–Kier alpha value is -3.89. The fraction of sp³-hybridized carbons (Fsp3) is 0.485. The normalized spacial score (nSPS) is 22.1. The molecule has 1 saturated carbocycles. The molecule has 0 bridgehead atoms. The molecule has 3 aromatic heterocycles. The minimum Gasteiger partial charge on any atom is -0.488 e. The predicted octanol–water partition coefficient (Wildman–Crippen LogP) is 5.56. The number of pyridine rings is 1. The summed E-state index contributed by atoms with van der Waals surface area (Å²) in [5, 5.41) is 5.60. The molecule has 1 amide bonds. The molecule has 6 heterocycles. The second kappa shape index (κ2) is 10.1. The maximum Gasteiger partial charge on any atom is 0.409 e. The summed E-state index contributed by atoms with van der Waals surface area (Å²) in [7, 11) is 3.39. The van der Waals surface area contributed by atoms with E-state index in [1.165, 1.54) is 12.7 Å². The van der Waals surface area contributed by atoms with Crippen LogP contribution in [0.2, 0.25) is 0 Å². The number of aromatic amines is 1. The van der Waals surface area contributed by atoms with E-state index in [9.17, 15) is 4.79 Å². The molecule has 0 unspecified atom stereocenters. The molecular formula is C33H37N5O5. The number of hydrogen-bond donors (Lipinski definition) is 1. The molecule has 1 aliphatic carbocycles. The minimum atomic E-state index is -0.350. The quantitative estimate of drug-likeness (QED) is 0.336. The third-order valence-corrected chi connectivity index (χ3v) is 10.00. The number of H-pyrrole nitrogens is 1. The SMILES string of the molecule is COC(=O)N1CCC2(CC1)CC1(C2)OCc2cnc3[nH]c(-c4cnn(C)c4)c(-c4ccc(O[C@@H]5CCCOC5)cc4)c3c21. The van der Waals surface area contributed by atoms with Crippen molar-refractivity contribution < 1.29 is 23.7 Å². The third kappa shape index (κ3) is 4.41. The molecule has 3 aliphatic heterocycles. The van der Waals surface area contributed by atoms with Crippen molar-refractivity contribution in [1.29, 1.82) is 0 Å². The van der Waals surface area contributed by atoms with E-state index < -0.39 is 0 Å². The molecular weight excluding hydrogens is 546 g/mol. The van der Waals surface area contributed by atoms with E-state index in [0.29, 0.717) is 13.2 Å². The first-order chi connectivity index (χ1) is 21.0. The summed E-state index contributed by atoms with van der Waals surface area (Å²) in [5.74, 6) is 0.851. The molecule has 8 rings (SSSR count). The Morgan fingerprint density at radius 1 is 1.12 bits per heavy atom. The molecule has 1 N–H and O–H groups in total. The van der Waals surface area contributed by atoms with Gasteiger partial charge in [-0.15, -0.1) is 0 Å². The van der Waals surface area contributed by atoms with E-state index in [0.717, 1.165) is 103 Å². The predicted molar refractivity (Wildman–Crippen MR) is 160 cm³/mol. The molecule has 224 valence electrons. The molecule has 10 nitrogen and oxygen atoms in total. The van der Waals surface area contributed by atoms with Crippen LogP contribution in [0.5, 0.6) is 5.75 Å². The van der Waals surface area contributed by atoms with Gasteiger partial charge in [-0.25, -0.2) is 9.78 Å². The van der Waals surface area contributed by atoms with Gasteiger partial charge in [-0.2, -0.15) is 5.10 Å². The van der Waals surface area contributed by atoms with E-state index in [-0.39, 0.29) is 23.2 Å². The van der Waals surface area contributed by atoms with E-state index in [2.05, 4.69) is 34.3 Å². The minimum absolute atomic E-state index is 0.0912. The Bertz CT molecular complexity index is 1670. The van der Waals surface area contributed by atoms with Crippen LogP contribution in [0.15, 0.2) is 42.9 Å². The summed E-state index contributed by atoms with van der Waals surface area (Å²) in [6.07, 6.45) is 11.6. The van der Waals surface area contributed by atoms with Crippen molar-refractivity contribution in [1.82, 2.24) is 24.6 Å². The topological polar surface area (TPSA) is 104 Å². The van der Waals surface area contributed by atoms with Gasteiger partial charge in [-0.05, 0) is 61.6 Å². The van der Waals surface area contributed by atoms with Gasteiger partial charge in [0, 0.05) is 66.8 Å². The van der Waals surface area contributed by atoms with Crippen molar-refractivity contribution in [2.45, 2.75) is 56.8 Å². The number of benzene rings is 1. The third-order valence-electron chi connectivity index (χ3n) is 10.00. The molecule has 0 radical (unpaired) electrons. The molecule has 2 saturated heterocycles. The number of fused-ring (bicyclic) bond motifs is 4. The number of carbonyl (C=O) groups is 1. The Labute approximate surface area is 250 Å². The summed E-state index contributed by atoms with van der Waals surface area (Å²) in [6, 6.07) is 8.42. The lowest BCUT2D eigenvalue weighted by Crippen LogP contribution is -2.55. The van der Waals surface area contributed by atoms with Crippen LogP contribution < -0.4 is 4.74 Å². The molecule has 10 heteroatoms. The van der Waals surface area contributed by atoms with Crippen LogP contribution in [0.25, 0.3) is 33.4 Å². The van der Waals surface area contributed by atoms with Crippen LogP contribution in [0.1, 0.15) is 49.7 Å². The van der Waals surface area contributed by atoms with E-state index in [1.807, 2.05) is 35.2 Å². The maximum atomic E-state index is 12.1. The Morgan fingerprint density at radius 3 is 2.63 bits per heavy atom. The number of rotatable bonds is 4. The molecule has 1 aromatic carbocycles. The van der Waals surface area contributed by atoms with Gasteiger partial charge >= 0.3 is 6.09 Å². The first-order valence-electron chi connectivity index (χ1n) is 15.3. The maximum absolute atomic E-state index is 12.1. The summed E-state index contributed by atoms with van der Waals surface area (Å²) in [5.41, 5.74) is 7.32. The zero-order valence-electron chi connectivity index (χ0n) is 24.7. The van der Waals surface area contributed by atoms with Crippen molar-refractivity contribution in [2.24, 2.45) is 12.5 Å². The van der Waals surface area contributed by atoms with Crippen LogP contribution in [-0.2, 0) is 33.5 Å². The van der Waals surface area contributed by atoms with Crippen molar-refractivity contribution in [3.8, 4) is 28.1 Å². The molecule has 43 heavy (non-hydrogen) atoms. The summed E-state index contributed by atoms with van der Waals surface area (Å²) in [4.78, 5) is 22.5. The van der Waals surface area contributed by atoms with Crippen LogP contribution in [0.3, 0.4) is 0 Å². The van der Waals surface area contributed by atoms with Crippen molar-refractivity contribution >= 4 is 17.1 Å². The highest BCUT2D eigenvalue weighted by Gasteiger charge is 2.60. The number of likely N-dealkylation sites (tertiary alicyclic amines) is 1. The smallest absolute Gasteiger partial charge is 0.409 e. The van der Waals surface area contributed by atoms with Gasteiger partial charge in [-0.1, -0.05) is 12.1 Å². The van der Waals surface area contributed by atoms with Gasteiger partial charge in [-0.3, -0.25) is 4.68 Å². The van der Waals surface area contributed by atoms with E-state index in [4.69, 9.17) is 23.9 Å². The number of methoxy groups -OCH3 is 1. The van der Waals surface area contributed by atoms with Crippen molar-refractivity contribution in [3.63, 3.8) is 0 Å². The summed E-state index contributed by atoms with van der Waals surface area (Å²) in [6.45, 7) is 3.46. The first kappa shape index (κ1) is 26.7. The molecule has 4 aliphatic rings.